The second kappa shape index (κ2) is 8.36. The summed E-state index contributed by atoms with van der Waals surface area (Å²) < 4.78 is 0. The average molecular weight is 390 g/mol. The highest BCUT2D eigenvalue weighted by molar-refractivity contribution is 6.06. The molecule has 1 aromatic carbocycles. The SMILES string of the molecule is O=C(NCCO)c1cc([C@@H]2CCN(C(=O)c3ccncc3)C2)nc2ccccc12. The molecule has 4 rings (SSSR count). The zero-order valence-corrected chi connectivity index (χ0v) is 15.9. The number of para-hydroxylation sites is 1. The van der Waals surface area contributed by atoms with Crippen LogP contribution < -0.4 is 5.32 Å². The molecule has 0 bridgehead atoms. The minimum atomic E-state index is -0.235. The average Bonchev–Trinajstić information content (AvgIpc) is 3.27. The summed E-state index contributed by atoms with van der Waals surface area (Å²) in [7, 11) is 0. The number of rotatable bonds is 5. The van der Waals surface area contributed by atoms with Gasteiger partial charge in [-0.25, -0.2) is 0 Å². The second-order valence-corrected chi connectivity index (χ2v) is 7.06. The number of aliphatic hydroxyl groups excluding tert-OH is 1. The molecule has 1 aliphatic heterocycles. The van der Waals surface area contributed by atoms with E-state index in [1.807, 2.05) is 35.2 Å². The van der Waals surface area contributed by atoms with Crippen molar-refractivity contribution in [3.8, 4) is 0 Å². The van der Waals surface area contributed by atoms with Crippen molar-refractivity contribution in [3.05, 3.63) is 71.7 Å². The Hall–Kier alpha value is -3.32. The van der Waals surface area contributed by atoms with Crippen LogP contribution in [-0.2, 0) is 0 Å². The predicted octanol–water partition coefficient (Wildman–Crippen LogP) is 1.98. The molecule has 0 aliphatic carbocycles. The van der Waals surface area contributed by atoms with Crippen LogP contribution >= 0.6 is 0 Å². The van der Waals surface area contributed by atoms with Gasteiger partial charge in [0.1, 0.15) is 0 Å². The van der Waals surface area contributed by atoms with Gasteiger partial charge in [-0.1, -0.05) is 18.2 Å². The smallest absolute Gasteiger partial charge is 0.253 e. The Morgan fingerprint density at radius 2 is 1.97 bits per heavy atom. The van der Waals surface area contributed by atoms with E-state index < -0.39 is 0 Å². The summed E-state index contributed by atoms with van der Waals surface area (Å²) in [5.74, 6) is -0.187. The lowest BCUT2D eigenvalue weighted by molar-refractivity contribution is 0.0790. The molecule has 7 nitrogen and oxygen atoms in total. The molecular weight excluding hydrogens is 368 g/mol. The molecule has 0 unspecified atom stereocenters. The third-order valence-corrected chi connectivity index (χ3v) is 5.20. The summed E-state index contributed by atoms with van der Waals surface area (Å²) in [5, 5.41) is 12.5. The van der Waals surface area contributed by atoms with Crippen molar-refractivity contribution >= 4 is 22.7 Å². The number of hydrogen-bond donors (Lipinski definition) is 2. The van der Waals surface area contributed by atoms with Crippen LogP contribution in [0.2, 0.25) is 0 Å². The molecule has 7 heteroatoms. The van der Waals surface area contributed by atoms with Gasteiger partial charge >= 0.3 is 0 Å². The van der Waals surface area contributed by atoms with Crippen molar-refractivity contribution in [2.45, 2.75) is 12.3 Å². The highest BCUT2D eigenvalue weighted by Gasteiger charge is 2.29. The first kappa shape index (κ1) is 19.0. The Morgan fingerprint density at radius 3 is 2.76 bits per heavy atom. The number of benzene rings is 1. The topological polar surface area (TPSA) is 95.4 Å². The van der Waals surface area contributed by atoms with Gasteiger partial charge in [-0.05, 0) is 30.7 Å². The van der Waals surface area contributed by atoms with Crippen LogP contribution in [0.15, 0.2) is 54.9 Å². The summed E-state index contributed by atoms with van der Waals surface area (Å²) in [6, 6.07) is 12.8. The number of carbonyl (C=O) groups excluding carboxylic acids is 2. The van der Waals surface area contributed by atoms with E-state index in [2.05, 4.69) is 10.3 Å². The van der Waals surface area contributed by atoms with Gasteiger partial charge < -0.3 is 15.3 Å². The highest BCUT2D eigenvalue weighted by atomic mass is 16.3. The third kappa shape index (κ3) is 3.95. The summed E-state index contributed by atoms with van der Waals surface area (Å²) in [4.78, 5) is 35.9. The largest absolute Gasteiger partial charge is 0.395 e. The van der Waals surface area contributed by atoms with Crippen LogP contribution in [-0.4, -0.2) is 58.0 Å². The third-order valence-electron chi connectivity index (χ3n) is 5.20. The van der Waals surface area contributed by atoms with Crippen LogP contribution in [0.3, 0.4) is 0 Å². The molecule has 1 atom stereocenters. The van der Waals surface area contributed by atoms with Crippen molar-refractivity contribution in [2.24, 2.45) is 0 Å². The van der Waals surface area contributed by atoms with Crippen molar-refractivity contribution in [1.82, 2.24) is 20.2 Å². The fourth-order valence-electron chi connectivity index (χ4n) is 3.72. The summed E-state index contributed by atoms with van der Waals surface area (Å²) in [6.45, 7) is 1.29. The van der Waals surface area contributed by atoms with E-state index in [0.717, 1.165) is 23.0 Å². The number of amides is 2. The number of pyridine rings is 2. The van der Waals surface area contributed by atoms with Gasteiger partial charge in [-0.3, -0.25) is 19.6 Å². The Labute approximate surface area is 168 Å². The molecule has 0 saturated carbocycles. The first-order valence-electron chi connectivity index (χ1n) is 9.65. The zero-order chi connectivity index (χ0) is 20.2. The Kier molecular flexibility index (Phi) is 5.48. The molecule has 2 aromatic heterocycles. The quantitative estimate of drug-likeness (QED) is 0.695. The maximum absolute atomic E-state index is 12.7. The Bertz CT molecular complexity index is 1040. The van der Waals surface area contributed by atoms with Crippen molar-refractivity contribution < 1.29 is 14.7 Å². The molecule has 1 aliphatic rings. The lowest BCUT2D eigenvalue weighted by Gasteiger charge is -2.17. The molecule has 2 amide bonds. The van der Waals surface area contributed by atoms with Crippen molar-refractivity contribution in [1.29, 1.82) is 0 Å². The standard InChI is InChI=1S/C22H22N4O3/c27-12-10-24-21(28)18-13-20(25-19-4-2-1-3-17(18)19)16-7-11-26(14-16)22(29)15-5-8-23-9-6-15/h1-6,8-9,13,16,27H,7,10-12,14H2,(H,24,28)/t16-/m1/s1. The number of aliphatic hydroxyl groups is 1. The molecule has 1 saturated heterocycles. The van der Waals surface area contributed by atoms with Crippen LogP contribution in [0, 0.1) is 0 Å². The fourth-order valence-corrected chi connectivity index (χ4v) is 3.72. The summed E-state index contributed by atoms with van der Waals surface area (Å²) >= 11 is 0. The van der Waals surface area contributed by atoms with E-state index in [1.165, 1.54) is 0 Å². The minimum Gasteiger partial charge on any atom is -0.395 e. The zero-order valence-electron chi connectivity index (χ0n) is 15.9. The second-order valence-electron chi connectivity index (χ2n) is 7.06. The van der Waals surface area contributed by atoms with E-state index in [0.29, 0.717) is 24.2 Å². The number of aromatic nitrogens is 2. The maximum atomic E-state index is 12.7. The number of likely N-dealkylation sites (tertiary alicyclic amines) is 1. The van der Waals surface area contributed by atoms with Crippen LogP contribution in [0.5, 0.6) is 0 Å². The van der Waals surface area contributed by atoms with Crippen LogP contribution in [0.4, 0.5) is 0 Å². The van der Waals surface area contributed by atoms with E-state index in [-0.39, 0.29) is 30.9 Å². The molecule has 0 radical (unpaired) electrons. The molecular formula is C22H22N4O3. The molecule has 29 heavy (non-hydrogen) atoms. The van der Waals surface area contributed by atoms with Gasteiger partial charge in [-0.15, -0.1) is 0 Å². The molecule has 1 fully saturated rings. The van der Waals surface area contributed by atoms with Gasteiger partial charge in [0.05, 0.1) is 17.7 Å². The Morgan fingerprint density at radius 1 is 1.17 bits per heavy atom. The monoisotopic (exact) mass is 390 g/mol. The van der Waals surface area contributed by atoms with E-state index in [9.17, 15) is 9.59 Å². The van der Waals surface area contributed by atoms with E-state index in [1.54, 1.807) is 24.5 Å². The van der Waals surface area contributed by atoms with E-state index in [4.69, 9.17) is 10.1 Å². The molecule has 3 aromatic rings. The number of hydrogen-bond acceptors (Lipinski definition) is 5. The predicted molar refractivity (Wildman–Crippen MR) is 109 cm³/mol. The molecule has 3 heterocycles. The van der Waals surface area contributed by atoms with Crippen molar-refractivity contribution in [2.75, 3.05) is 26.2 Å². The lowest BCUT2D eigenvalue weighted by atomic mass is 9.99. The maximum Gasteiger partial charge on any atom is 0.253 e. The highest BCUT2D eigenvalue weighted by Crippen LogP contribution is 2.30. The first-order valence-corrected chi connectivity index (χ1v) is 9.65. The molecule has 2 N–H and O–H groups in total. The first-order chi connectivity index (χ1) is 14.2. The molecule has 0 spiro atoms. The number of nitrogens with zero attached hydrogens (tertiary/aromatic N) is 3. The lowest BCUT2D eigenvalue weighted by Crippen LogP contribution is -2.28. The number of fused-ring (bicyclic) bond motifs is 1. The fraction of sp³-hybridized carbons (Fsp3) is 0.273. The van der Waals surface area contributed by atoms with Crippen molar-refractivity contribution in [3.63, 3.8) is 0 Å². The van der Waals surface area contributed by atoms with Gasteiger partial charge in [0.2, 0.25) is 0 Å². The van der Waals surface area contributed by atoms with Gasteiger partial charge in [0.15, 0.2) is 0 Å². The van der Waals surface area contributed by atoms with Gasteiger partial charge in [-0.2, -0.15) is 0 Å². The summed E-state index contributed by atoms with van der Waals surface area (Å²) in [6.07, 6.45) is 4.02. The van der Waals surface area contributed by atoms with Crippen LogP contribution in [0.25, 0.3) is 10.9 Å². The molecule has 148 valence electrons. The van der Waals surface area contributed by atoms with Gasteiger partial charge in [0, 0.05) is 54.6 Å². The summed E-state index contributed by atoms with van der Waals surface area (Å²) in [5.41, 5.74) is 2.72. The Balaban J connectivity index is 1.61. The number of carbonyl (C=O) groups is 2. The van der Waals surface area contributed by atoms with Gasteiger partial charge in [0.25, 0.3) is 11.8 Å². The van der Waals surface area contributed by atoms with E-state index >= 15 is 0 Å². The minimum absolute atomic E-state index is 0.0170. The normalized spacial score (nSPS) is 16.2. The number of nitrogens with one attached hydrogen (secondary N) is 1. The van der Waals surface area contributed by atoms with Crippen LogP contribution in [0.1, 0.15) is 38.7 Å².